The van der Waals surface area contributed by atoms with Crippen molar-refractivity contribution in [3.63, 3.8) is 0 Å². The van der Waals surface area contributed by atoms with Crippen molar-refractivity contribution in [3.05, 3.63) is 0 Å². The second-order valence-corrected chi connectivity index (χ2v) is 2.84. The van der Waals surface area contributed by atoms with E-state index in [2.05, 4.69) is 4.90 Å². The molecule has 3 aliphatic heterocycles. The van der Waals surface area contributed by atoms with E-state index >= 15 is 0 Å². The van der Waals surface area contributed by atoms with Gasteiger partial charge in [-0.25, -0.2) is 0 Å². The van der Waals surface area contributed by atoms with Crippen LogP contribution >= 0.6 is 0 Å². The van der Waals surface area contributed by atoms with Crippen LogP contribution in [0.4, 0.5) is 0 Å². The molecule has 0 atom stereocenters. The predicted octanol–water partition coefficient (Wildman–Crippen LogP) is -4.80. The summed E-state index contributed by atoms with van der Waals surface area (Å²) in [5.74, 6) is 0. The summed E-state index contributed by atoms with van der Waals surface area (Å²) in [5.41, 5.74) is 0. The van der Waals surface area contributed by atoms with E-state index in [1.807, 2.05) is 4.90 Å². The third-order valence-electron chi connectivity index (χ3n) is 2.34. The van der Waals surface area contributed by atoms with Crippen molar-refractivity contribution in [1.82, 2.24) is 4.90 Å². The zero-order chi connectivity index (χ0) is 5.40. The van der Waals surface area contributed by atoms with E-state index in [1.54, 1.807) is 0 Å². The molecule has 2 bridgehead atoms. The Balaban J connectivity index is 0.000000405. The molecule has 3 heterocycles. The van der Waals surface area contributed by atoms with E-state index in [0.717, 1.165) is 0 Å². The highest BCUT2D eigenvalue weighted by molar-refractivity contribution is 4.64. The average Bonchev–Trinajstić information content (AvgIpc) is 1.92. The summed E-state index contributed by atoms with van der Waals surface area (Å²) in [4.78, 5) is 4.39. The minimum atomic E-state index is 0. The van der Waals surface area contributed by atoms with Gasteiger partial charge in [0.15, 0.2) is 0 Å². The van der Waals surface area contributed by atoms with Gasteiger partial charge < -0.3 is 28.9 Å². The number of hydrogen-bond donors (Lipinski definition) is 1. The first-order chi connectivity index (χ1) is 3.95. The largest absolute Gasteiger partial charge is 1.00 e. The minimum Gasteiger partial charge on any atom is -1.00 e. The van der Waals surface area contributed by atoms with Crippen LogP contribution in [0.5, 0.6) is 0 Å². The molecular formula is C6H13IN2. The Hall–Kier alpha value is 0.650. The fraction of sp³-hybridized carbons (Fsp3) is 1.00. The second kappa shape index (κ2) is 3.16. The Labute approximate surface area is 73.2 Å². The van der Waals surface area contributed by atoms with Gasteiger partial charge in [0, 0.05) is 19.6 Å². The van der Waals surface area contributed by atoms with Crippen LogP contribution in [-0.4, -0.2) is 44.2 Å². The molecular weight excluding hydrogens is 227 g/mol. The third-order valence-corrected chi connectivity index (χ3v) is 2.34. The Bertz CT molecular complexity index is 66.0. The molecule has 0 spiro atoms. The highest BCUT2D eigenvalue weighted by Gasteiger charge is 2.25. The van der Waals surface area contributed by atoms with E-state index in [4.69, 9.17) is 0 Å². The molecule has 1 N–H and O–H groups in total. The normalized spacial score (nSPS) is 40.0. The average molecular weight is 240 g/mol. The maximum atomic E-state index is 2.56. The molecule has 0 radical (unpaired) electrons. The highest BCUT2D eigenvalue weighted by atomic mass is 127. The fourth-order valence-corrected chi connectivity index (χ4v) is 1.66. The van der Waals surface area contributed by atoms with E-state index < -0.39 is 0 Å². The maximum Gasteiger partial charge on any atom is 0.0901 e. The summed E-state index contributed by atoms with van der Waals surface area (Å²) < 4.78 is 0. The second-order valence-electron chi connectivity index (χ2n) is 2.84. The van der Waals surface area contributed by atoms with Crippen LogP contribution in [0, 0.1) is 0 Å². The summed E-state index contributed by atoms with van der Waals surface area (Å²) in [5, 5.41) is 0. The van der Waals surface area contributed by atoms with Gasteiger partial charge in [-0.2, -0.15) is 0 Å². The number of piperazine rings is 3. The highest BCUT2D eigenvalue weighted by Crippen LogP contribution is 1.91. The van der Waals surface area contributed by atoms with Crippen molar-refractivity contribution in [1.29, 1.82) is 0 Å². The molecule has 3 saturated heterocycles. The van der Waals surface area contributed by atoms with Gasteiger partial charge >= 0.3 is 0 Å². The molecule has 0 unspecified atom stereocenters. The third kappa shape index (κ3) is 1.56. The summed E-state index contributed by atoms with van der Waals surface area (Å²) >= 11 is 0. The Morgan fingerprint density at radius 1 is 0.889 bits per heavy atom. The predicted molar refractivity (Wildman–Crippen MR) is 32.0 cm³/mol. The standard InChI is InChI=1S/C6H12N2.HI/c1-2-8-5-3-7(1)4-6-8;/h1-6H2;1H. The van der Waals surface area contributed by atoms with Crippen molar-refractivity contribution in [2.45, 2.75) is 0 Å². The van der Waals surface area contributed by atoms with Gasteiger partial charge in [0.1, 0.15) is 0 Å². The molecule has 3 aliphatic rings. The van der Waals surface area contributed by atoms with E-state index in [0.29, 0.717) is 0 Å². The number of nitrogens with zero attached hydrogens (tertiary/aromatic N) is 1. The molecule has 0 aromatic carbocycles. The molecule has 2 nitrogen and oxygen atoms in total. The number of hydrogen-bond acceptors (Lipinski definition) is 1. The zero-order valence-electron chi connectivity index (χ0n) is 5.57. The van der Waals surface area contributed by atoms with Gasteiger partial charge in [0.2, 0.25) is 0 Å². The van der Waals surface area contributed by atoms with Crippen molar-refractivity contribution in [2.75, 3.05) is 39.3 Å². The van der Waals surface area contributed by atoms with Gasteiger partial charge in [-0.05, 0) is 0 Å². The smallest absolute Gasteiger partial charge is 0.0901 e. The summed E-state index contributed by atoms with van der Waals surface area (Å²) in [6.07, 6.45) is 0. The Kier molecular flexibility index (Phi) is 2.73. The summed E-state index contributed by atoms with van der Waals surface area (Å²) in [7, 11) is 0. The monoisotopic (exact) mass is 240 g/mol. The number of quaternary nitrogens is 1. The van der Waals surface area contributed by atoms with Gasteiger partial charge in [-0.3, -0.25) is 4.90 Å². The van der Waals surface area contributed by atoms with Gasteiger partial charge in [0.05, 0.1) is 19.6 Å². The summed E-state index contributed by atoms with van der Waals surface area (Å²) in [6, 6.07) is 0. The van der Waals surface area contributed by atoms with Crippen molar-refractivity contribution < 1.29 is 28.9 Å². The number of fused-ring (bicyclic) bond motifs is 3. The van der Waals surface area contributed by atoms with Crippen LogP contribution in [0.15, 0.2) is 0 Å². The summed E-state index contributed by atoms with van der Waals surface area (Å²) in [6.45, 7) is 8.28. The van der Waals surface area contributed by atoms with Crippen molar-refractivity contribution in [3.8, 4) is 0 Å². The van der Waals surface area contributed by atoms with Crippen LogP contribution in [0.2, 0.25) is 0 Å². The van der Waals surface area contributed by atoms with E-state index in [9.17, 15) is 0 Å². The first-order valence-electron chi connectivity index (χ1n) is 3.51. The molecule has 54 valence electrons. The molecule has 3 heteroatoms. The van der Waals surface area contributed by atoms with Crippen LogP contribution in [0.25, 0.3) is 0 Å². The fourth-order valence-electron chi connectivity index (χ4n) is 1.66. The maximum absolute atomic E-state index is 2.56. The molecule has 3 rings (SSSR count). The quantitative estimate of drug-likeness (QED) is 0.418. The molecule has 0 aromatic rings. The lowest BCUT2D eigenvalue weighted by Gasteiger charge is -2.38. The zero-order valence-corrected chi connectivity index (χ0v) is 7.73. The molecule has 3 fully saturated rings. The first kappa shape index (κ1) is 7.75. The van der Waals surface area contributed by atoms with Gasteiger partial charge in [-0.15, -0.1) is 0 Å². The van der Waals surface area contributed by atoms with E-state index in [-0.39, 0.29) is 24.0 Å². The Morgan fingerprint density at radius 3 is 1.44 bits per heavy atom. The van der Waals surface area contributed by atoms with Gasteiger partial charge in [0.25, 0.3) is 0 Å². The lowest BCUT2D eigenvalue weighted by molar-refractivity contribution is -0.914. The lowest BCUT2D eigenvalue weighted by Crippen LogP contribution is -3.17. The topological polar surface area (TPSA) is 7.68 Å². The van der Waals surface area contributed by atoms with Crippen molar-refractivity contribution >= 4 is 0 Å². The molecule has 0 aromatic heterocycles. The number of nitrogens with one attached hydrogen (secondary N) is 1. The van der Waals surface area contributed by atoms with Crippen LogP contribution in [0.1, 0.15) is 0 Å². The number of rotatable bonds is 0. The SMILES string of the molecule is C1C[NH+]2CCN1CC2.[I-]. The number of halogens is 1. The van der Waals surface area contributed by atoms with Crippen LogP contribution in [-0.2, 0) is 0 Å². The Morgan fingerprint density at radius 2 is 1.33 bits per heavy atom. The minimum absolute atomic E-state index is 0. The van der Waals surface area contributed by atoms with Crippen LogP contribution < -0.4 is 28.9 Å². The molecule has 9 heavy (non-hydrogen) atoms. The molecule has 0 saturated carbocycles. The molecule has 0 aliphatic carbocycles. The van der Waals surface area contributed by atoms with Gasteiger partial charge in [-0.1, -0.05) is 0 Å². The molecule has 0 amide bonds. The van der Waals surface area contributed by atoms with Crippen molar-refractivity contribution in [2.24, 2.45) is 0 Å². The lowest BCUT2D eigenvalue weighted by atomic mass is 10.2. The first-order valence-corrected chi connectivity index (χ1v) is 3.51. The van der Waals surface area contributed by atoms with E-state index in [1.165, 1.54) is 39.3 Å². The van der Waals surface area contributed by atoms with Crippen LogP contribution in [0.3, 0.4) is 0 Å².